The van der Waals surface area contributed by atoms with Crippen LogP contribution in [0.15, 0.2) is 42.7 Å². The van der Waals surface area contributed by atoms with Crippen molar-refractivity contribution in [2.75, 3.05) is 7.11 Å². The molecule has 18 heavy (non-hydrogen) atoms. The van der Waals surface area contributed by atoms with Crippen LogP contribution in [0.3, 0.4) is 0 Å². The Morgan fingerprint density at radius 2 is 2.00 bits per heavy atom. The van der Waals surface area contributed by atoms with E-state index in [-0.39, 0.29) is 0 Å². The van der Waals surface area contributed by atoms with Gasteiger partial charge in [0.25, 0.3) is 0 Å². The van der Waals surface area contributed by atoms with Gasteiger partial charge >= 0.3 is 0 Å². The molecule has 0 spiro atoms. The fourth-order valence-corrected chi connectivity index (χ4v) is 1.90. The lowest BCUT2D eigenvalue weighted by Gasteiger charge is -2.09. The standard InChI is InChI=1S/C15H18N2O/c1-12-7-13(9-16-8-12)10-17-11-14-5-3-4-6-15(14)18-2/h3-9,17H,10-11H2,1-2H3. The van der Waals surface area contributed by atoms with Crippen LogP contribution < -0.4 is 10.1 Å². The van der Waals surface area contributed by atoms with Crippen molar-refractivity contribution in [2.24, 2.45) is 0 Å². The van der Waals surface area contributed by atoms with Crippen molar-refractivity contribution in [3.63, 3.8) is 0 Å². The number of rotatable bonds is 5. The molecule has 0 unspecified atom stereocenters. The largest absolute Gasteiger partial charge is 0.496 e. The number of hydrogen-bond acceptors (Lipinski definition) is 3. The summed E-state index contributed by atoms with van der Waals surface area (Å²) in [6.45, 7) is 3.65. The van der Waals surface area contributed by atoms with Crippen LogP contribution >= 0.6 is 0 Å². The van der Waals surface area contributed by atoms with E-state index in [1.807, 2.05) is 30.6 Å². The molecule has 0 fully saturated rings. The zero-order valence-electron chi connectivity index (χ0n) is 10.8. The first kappa shape index (κ1) is 12.6. The first-order valence-corrected chi connectivity index (χ1v) is 6.03. The van der Waals surface area contributed by atoms with E-state index < -0.39 is 0 Å². The van der Waals surface area contributed by atoms with Gasteiger partial charge in [0.15, 0.2) is 0 Å². The van der Waals surface area contributed by atoms with Gasteiger partial charge in [0.2, 0.25) is 0 Å². The van der Waals surface area contributed by atoms with Crippen molar-refractivity contribution < 1.29 is 4.74 Å². The Kier molecular flexibility index (Phi) is 4.31. The minimum atomic E-state index is 0.790. The summed E-state index contributed by atoms with van der Waals surface area (Å²) in [5.41, 5.74) is 3.55. The maximum absolute atomic E-state index is 5.31. The van der Waals surface area contributed by atoms with E-state index in [0.29, 0.717) is 0 Å². The van der Waals surface area contributed by atoms with E-state index in [1.165, 1.54) is 16.7 Å². The molecule has 0 atom stereocenters. The van der Waals surface area contributed by atoms with Crippen LogP contribution in [-0.4, -0.2) is 12.1 Å². The summed E-state index contributed by atoms with van der Waals surface area (Å²) in [6, 6.07) is 10.2. The Hall–Kier alpha value is -1.87. The van der Waals surface area contributed by atoms with Crippen LogP contribution in [0, 0.1) is 6.92 Å². The molecule has 0 bridgehead atoms. The Balaban J connectivity index is 1.92. The number of ether oxygens (including phenoxy) is 1. The molecular weight excluding hydrogens is 224 g/mol. The summed E-state index contributed by atoms with van der Waals surface area (Å²) in [4.78, 5) is 4.18. The van der Waals surface area contributed by atoms with Crippen molar-refractivity contribution in [2.45, 2.75) is 20.0 Å². The minimum absolute atomic E-state index is 0.790. The normalized spacial score (nSPS) is 10.3. The number of para-hydroxylation sites is 1. The molecule has 0 aliphatic rings. The third kappa shape index (κ3) is 3.31. The van der Waals surface area contributed by atoms with Gasteiger partial charge in [-0.05, 0) is 24.1 Å². The quantitative estimate of drug-likeness (QED) is 0.875. The first-order chi connectivity index (χ1) is 8.79. The minimum Gasteiger partial charge on any atom is -0.496 e. The fraction of sp³-hybridized carbons (Fsp3) is 0.267. The Bertz CT molecular complexity index is 511. The predicted molar refractivity (Wildman–Crippen MR) is 72.5 cm³/mol. The molecular formula is C15H18N2O. The van der Waals surface area contributed by atoms with Crippen LogP contribution in [0.2, 0.25) is 0 Å². The summed E-state index contributed by atoms with van der Waals surface area (Å²) in [5, 5.41) is 3.40. The molecule has 1 aromatic heterocycles. The highest BCUT2D eigenvalue weighted by molar-refractivity contribution is 5.33. The Labute approximate surface area is 108 Å². The molecule has 0 saturated carbocycles. The number of pyridine rings is 1. The van der Waals surface area contributed by atoms with E-state index >= 15 is 0 Å². The van der Waals surface area contributed by atoms with E-state index in [9.17, 15) is 0 Å². The maximum atomic E-state index is 5.31. The molecule has 2 aromatic rings. The highest BCUT2D eigenvalue weighted by Crippen LogP contribution is 2.16. The van der Waals surface area contributed by atoms with Crippen LogP contribution in [0.1, 0.15) is 16.7 Å². The third-order valence-corrected chi connectivity index (χ3v) is 2.77. The second kappa shape index (κ2) is 6.17. The number of benzene rings is 1. The lowest BCUT2D eigenvalue weighted by molar-refractivity contribution is 0.407. The fourth-order valence-electron chi connectivity index (χ4n) is 1.90. The van der Waals surface area contributed by atoms with Crippen LogP contribution in [0.4, 0.5) is 0 Å². The maximum Gasteiger partial charge on any atom is 0.123 e. The number of methoxy groups -OCH3 is 1. The monoisotopic (exact) mass is 242 g/mol. The lowest BCUT2D eigenvalue weighted by atomic mass is 10.2. The molecule has 1 aromatic carbocycles. The zero-order chi connectivity index (χ0) is 12.8. The molecule has 0 aliphatic heterocycles. The highest BCUT2D eigenvalue weighted by Gasteiger charge is 2.01. The molecule has 3 heteroatoms. The average Bonchev–Trinajstić information content (AvgIpc) is 2.39. The van der Waals surface area contributed by atoms with E-state index in [4.69, 9.17) is 4.74 Å². The average molecular weight is 242 g/mol. The van der Waals surface area contributed by atoms with Gasteiger partial charge in [0.1, 0.15) is 5.75 Å². The van der Waals surface area contributed by atoms with Gasteiger partial charge in [0.05, 0.1) is 7.11 Å². The Morgan fingerprint density at radius 3 is 2.78 bits per heavy atom. The van der Waals surface area contributed by atoms with Gasteiger partial charge in [-0.1, -0.05) is 24.3 Å². The molecule has 0 amide bonds. The Morgan fingerprint density at radius 1 is 1.17 bits per heavy atom. The predicted octanol–water partition coefficient (Wildman–Crippen LogP) is 2.69. The summed E-state index contributed by atoms with van der Waals surface area (Å²) in [6.07, 6.45) is 3.76. The van der Waals surface area contributed by atoms with Crippen molar-refractivity contribution in [1.82, 2.24) is 10.3 Å². The molecule has 0 radical (unpaired) electrons. The van der Waals surface area contributed by atoms with Gasteiger partial charge in [-0.15, -0.1) is 0 Å². The third-order valence-electron chi connectivity index (χ3n) is 2.77. The summed E-state index contributed by atoms with van der Waals surface area (Å²) < 4.78 is 5.31. The van der Waals surface area contributed by atoms with Crippen LogP contribution in [0.5, 0.6) is 5.75 Å². The molecule has 2 rings (SSSR count). The van der Waals surface area contributed by atoms with Gasteiger partial charge in [0, 0.05) is 31.0 Å². The molecule has 94 valence electrons. The van der Waals surface area contributed by atoms with Crippen LogP contribution in [0.25, 0.3) is 0 Å². The summed E-state index contributed by atoms with van der Waals surface area (Å²) in [7, 11) is 1.70. The summed E-state index contributed by atoms with van der Waals surface area (Å²) in [5.74, 6) is 0.923. The smallest absolute Gasteiger partial charge is 0.123 e. The van der Waals surface area contributed by atoms with Crippen molar-refractivity contribution in [1.29, 1.82) is 0 Å². The van der Waals surface area contributed by atoms with Gasteiger partial charge in [-0.3, -0.25) is 4.98 Å². The van der Waals surface area contributed by atoms with E-state index in [1.54, 1.807) is 7.11 Å². The summed E-state index contributed by atoms with van der Waals surface area (Å²) >= 11 is 0. The van der Waals surface area contributed by atoms with Gasteiger partial charge < -0.3 is 10.1 Å². The highest BCUT2D eigenvalue weighted by atomic mass is 16.5. The SMILES string of the molecule is COc1ccccc1CNCc1cncc(C)c1. The molecule has 1 heterocycles. The molecule has 1 N–H and O–H groups in total. The molecule has 0 saturated heterocycles. The van der Waals surface area contributed by atoms with Crippen molar-refractivity contribution in [3.05, 3.63) is 59.4 Å². The van der Waals surface area contributed by atoms with E-state index in [2.05, 4.69) is 29.4 Å². The first-order valence-electron chi connectivity index (χ1n) is 6.03. The zero-order valence-corrected chi connectivity index (χ0v) is 10.8. The lowest BCUT2D eigenvalue weighted by Crippen LogP contribution is -2.13. The van der Waals surface area contributed by atoms with E-state index in [0.717, 1.165) is 18.8 Å². The second-order valence-electron chi connectivity index (χ2n) is 4.29. The second-order valence-corrected chi connectivity index (χ2v) is 4.29. The molecule has 3 nitrogen and oxygen atoms in total. The van der Waals surface area contributed by atoms with Crippen molar-refractivity contribution in [3.8, 4) is 5.75 Å². The van der Waals surface area contributed by atoms with Gasteiger partial charge in [-0.2, -0.15) is 0 Å². The van der Waals surface area contributed by atoms with Crippen LogP contribution in [-0.2, 0) is 13.1 Å². The number of hydrogen-bond donors (Lipinski definition) is 1. The van der Waals surface area contributed by atoms with Crippen molar-refractivity contribution >= 4 is 0 Å². The topological polar surface area (TPSA) is 34.1 Å². The number of aromatic nitrogens is 1. The van der Waals surface area contributed by atoms with Gasteiger partial charge in [-0.25, -0.2) is 0 Å². The molecule has 0 aliphatic carbocycles. The number of nitrogens with zero attached hydrogens (tertiary/aromatic N) is 1. The number of nitrogens with one attached hydrogen (secondary N) is 1. The number of aryl methyl sites for hydroxylation is 1.